The van der Waals surface area contributed by atoms with Gasteiger partial charge in [0.2, 0.25) is 0 Å². The van der Waals surface area contributed by atoms with E-state index >= 15 is 0 Å². The van der Waals surface area contributed by atoms with Crippen molar-refractivity contribution in [2.75, 3.05) is 39.3 Å². The molecule has 0 saturated carbocycles. The van der Waals surface area contributed by atoms with Crippen LogP contribution in [-0.4, -0.2) is 71.8 Å². The number of fused-ring (bicyclic) bond motifs is 1. The molecule has 7 heteroatoms. The molecule has 0 unspecified atom stereocenters. The van der Waals surface area contributed by atoms with Crippen LogP contribution in [0.4, 0.5) is 0 Å². The fraction of sp³-hybridized carbons (Fsp3) is 0.304. The van der Waals surface area contributed by atoms with Gasteiger partial charge in [-0.15, -0.1) is 0 Å². The summed E-state index contributed by atoms with van der Waals surface area (Å²) < 4.78 is 5.70. The van der Waals surface area contributed by atoms with E-state index in [-0.39, 0.29) is 11.8 Å². The van der Waals surface area contributed by atoms with Crippen molar-refractivity contribution in [2.24, 2.45) is 0 Å². The van der Waals surface area contributed by atoms with Gasteiger partial charge >= 0.3 is 0 Å². The molecule has 2 aliphatic heterocycles. The average Bonchev–Trinajstić information content (AvgIpc) is 3.16. The standard InChI is InChI=1S/C23H22ClN3O3/c24-18-6-7-20-17(12-18)13-21(30-20)23(29)27-14-19(15-27)25-8-10-26(11-9-25)22(28)16-4-2-1-3-5-16/h1-7,12-13,19H,8-11,14-15H2. The zero-order valence-electron chi connectivity index (χ0n) is 16.5. The van der Waals surface area contributed by atoms with Gasteiger partial charge in [0.15, 0.2) is 5.76 Å². The highest BCUT2D eigenvalue weighted by Gasteiger charge is 2.37. The van der Waals surface area contributed by atoms with Gasteiger partial charge in [-0.25, -0.2) is 0 Å². The van der Waals surface area contributed by atoms with Crippen LogP contribution in [0.1, 0.15) is 20.9 Å². The summed E-state index contributed by atoms with van der Waals surface area (Å²) in [6, 6.07) is 16.8. The van der Waals surface area contributed by atoms with Gasteiger partial charge in [-0.3, -0.25) is 14.5 Å². The normalized spacial score (nSPS) is 17.9. The fourth-order valence-corrected chi connectivity index (χ4v) is 4.36. The smallest absolute Gasteiger partial charge is 0.289 e. The molecule has 0 radical (unpaired) electrons. The molecule has 0 N–H and O–H groups in total. The van der Waals surface area contributed by atoms with E-state index in [9.17, 15) is 9.59 Å². The second-order valence-electron chi connectivity index (χ2n) is 7.85. The van der Waals surface area contributed by atoms with E-state index in [0.717, 1.165) is 24.0 Å². The summed E-state index contributed by atoms with van der Waals surface area (Å²) in [5.41, 5.74) is 1.40. The van der Waals surface area contributed by atoms with Crippen molar-refractivity contribution in [3.05, 3.63) is 70.9 Å². The van der Waals surface area contributed by atoms with E-state index in [4.69, 9.17) is 16.0 Å². The molecule has 3 heterocycles. The maximum Gasteiger partial charge on any atom is 0.289 e. The van der Waals surface area contributed by atoms with Crippen molar-refractivity contribution >= 4 is 34.4 Å². The summed E-state index contributed by atoms with van der Waals surface area (Å²) in [6.45, 7) is 4.44. The van der Waals surface area contributed by atoms with Crippen molar-refractivity contribution in [3.8, 4) is 0 Å². The lowest BCUT2D eigenvalue weighted by Gasteiger charge is -2.47. The van der Waals surface area contributed by atoms with Crippen LogP contribution >= 0.6 is 11.6 Å². The summed E-state index contributed by atoms with van der Waals surface area (Å²) in [6.07, 6.45) is 0. The third-order valence-corrected chi connectivity index (χ3v) is 6.21. The maximum absolute atomic E-state index is 12.7. The highest BCUT2D eigenvalue weighted by Crippen LogP contribution is 2.26. The molecule has 2 aliphatic rings. The molecule has 6 nitrogen and oxygen atoms in total. The highest BCUT2D eigenvalue weighted by molar-refractivity contribution is 6.31. The number of benzene rings is 2. The zero-order chi connectivity index (χ0) is 20.7. The van der Waals surface area contributed by atoms with E-state index in [1.807, 2.05) is 40.1 Å². The minimum absolute atomic E-state index is 0.0866. The molecular weight excluding hydrogens is 402 g/mol. The zero-order valence-corrected chi connectivity index (χ0v) is 17.2. The topological polar surface area (TPSA) is 57.0 Å². The lowest BCUT2D eigenvalue weighted by molar-refractivity contribution is 0.00709. The number of likely N-dealkylation sites (tertiary alicyclic amines) is 1. The number of halogens is 1. The number of amides is 2. The van der Waals surface area contributed by atoms with E-state index in [1.54, 1.807) is 24.3 Å². The Morgan fingerprint density at radius 1 is 0.867 bits per heavy atom. The molecule has 1 aromatic heterocycles. The van der Waals surface area contributed by atoms with Crippen molar-refractivity contribution in [3.63, 3.8) is 0 Å². The van der Waals surface area contributed by atoms with Crippen molar-refractivity contribution in [2.45, 2.75) is 6.04 Å². The van der Waals surface area contributed by atoms with Gasteiger partial charge in [0.25, 0.3) is 11.8 Å². The number of hydrogen-bond acceptors (Lipinski definition) is 4. The van der Waals surface area contributed by atoms with Gasteiger partial charge in [-0.2, -0.15) is 0 Å². The van der Waals surface area contributed by atoms with E-state index < -0.39 is 0 Å². The minimum Gasteiger partial charge on any atom is -0.451 e. The summed E-state index contributed by atoms with van der Waals surface area (Å²) >= 11 is 6.01. The molecule has 2 amide bonds. The first kappa shape index (κ1) is 19.2. The van der Waals surface area contributed by atoms with Gasteiger partial charge in [0.1, 0.15) is 5.58 Å². The van der Waals surface area contributed by atoms with E-state index in [2.05, 4.69) is 4.90 Å². The van der Waals surface area contributed by atoms with Crippen molar-refractivity contribution < 1.29 is 14.0 Å². The van der Waals surface area contributed by atoms with Gasteiger partial charge in [0, 0.05) is 61.3 Å². The second kappa shape index (κ2) is 7.78. The highest BCUT2D eigenvalue weighted by atomic mass is 35.5. The Bertz CT molecular complexity index is 1080. The fourth-order valence-electron chi connectivity index (χ4n) is 4.18. The molecule has 2 fully saturated rings. The van der Waals surface area contributed by atoms with Gasteiger partial charge in [-0.05, 0) is 36.4 Å². The summed E-state index contributed by atoms with van der Waals surface area (Å²) in [5, 5.41) is 1.46. The number of carbonyl (C=O) groups excluding carboxylic acids is 2. The Balaban J connectivity index is 1.14. The molecule has 0 atom stereocenters. The van der Waals surface area contributed by atoms with Crippen LogP contribution in [0.15, 0.2) is 59.0 Å². The van der Waals surface area contributed by atoms with Crippen molar-refractivity contribution in [1.82, 2.24) is 14.7 Å². The number of rotatable bonds is 3. The Labute approximate surface area is 179 Å². The Kier molecular flexibility index (Phi) is 4.97. The van der Waals surface area contributed by atoms with E-state index in [0.29, 0.717) is 48.6 Å². The predicted octanol–water partition coefficient (Wildman–Crippen LogP) is 3.37. The first-order valence-corrected chi connectivity index (χ1v) is 10.5. The van der Waals surface area contributed by atoms with Gasteiger partial charge in [0.05, 0.1) is 0 Å². The van der Waals surface area contributed by atoms with Crippen LogP contribution in [0.25, 0.3) is 11.0 Å². The summed E-state index contributed by atoms with van der Waals surface area (Å²) in [7, 11) is 0. The molecule has 5 rings (SSSR count). The van der Waals surface area contributed by atoms with Gasteiger partial charge < -0.3 is 14.2 Å². The summed E-state index contributed by atoms with van der Waals surface area (Å²) in [5.74, 6) is 0.353. The number of hydrogen-bond donors (Lipinski definition) is 0. The molecule has 2 aromatic carbocycles. The molecule has 2 saturated heterocycles. The number of carbonyl (C=O) groups is 2. The van der Waals surface area contributed by atoms with Crippen LogP contribution in [0.3, 0.4) is 0 Å². The Morgan fingerprint density at radius 3 is 2.33 bits per heavy atom. The quantitative estimate of drug-likeness (QED) is 0.648. The molecule has 154 valence electrons. The summed E-state index contributed by atoms with van der Waals surface area (Å²) in [4.78, 5) is 31.4. The lowest BCUT2D eigenvalue weighted by Crippen LogP contribution is -2.64. The molecule has 30 heavy (non-hydrogen) atoms. The average molecular weight is 424 g/mol. The lowest BCUT2D eigenvalue weighted by atomic mass is 10.0. The van der Waals surface area contributed by atoms with Crippen LogP contribution in [0.5, 0.6) is 0 Å². The molecule has 0 spiro atoms. The first-order chi connectivity index (χ1) is 14.6. The first-order valence-electron chi connectivity index (χ1n) is 10.2. The molecule has 3 aromatic rings. The molecule has 0 bridgehead atoms. The predicted molar refractivity (Wildman–Crippen MR) is 115 cm³/mol. The number of furan rings is 1. The number of piperazine rings is 1. The molecular formula is C23H22ClN3O3. The minimum atomic E-state index is -0.0866. The third kappa shape index (κ3) is 3.57. The van der Waals surface area contributed by atoms with Crippen LogP contribution < -0.4 is 0 Å². The SMILES string of the molecule is O=C(c1ccccc1)N1CCN(C2CN(C(=O)c3cc4cc(Cl)ccc4o3)C2)CC1. The van der Waals surface area contributed by atoms with Crippen LogP contribution in [0.2, 0.25) is 5.02 Å². The monoisotopic (exact) mass is 423 g/mol. The third-order valence-electron chi connectivity index (χ3n) is 5.98. The van der Waals surface area contributed by atoms with Crippen molar-refractivity contribution in [1.29, 1.82) is 0 Å². The van der Waals surface area contributed by atoms with Crippen LogP contribution in [-0.2, 0) is 0 Å². The Hall–Kier alpha value is -2.83. The van der Waals surface area contributed by atoms with Gasteiger partial charge in [-0.1, -0.05) is 29.8 Å². The Morgan fingerprint density at radius 2 is 1.60 bits per heavy atom. The maximum atomic E-state index is 12.7. The molecule has 0 aliphatic carbocycles. The van der Waals surface area contributed by atoms with E-state index in [1.165, 1.54) is 0 Å². The largest absolute Gasteiger partial charge is 0.451 e. The van der Waals surface area contributed by atoms with Crippen LogP contribution in [0, 0.1) is 0 Å². The number of nitrogens with zero attached hydrogens (tertiary/aromatic N) is 3. The second-order valence-corrected chi connectivity index (χ2v) is 8.29.